The number of hydrogen-bond donors (Lipinski definition) is 1. The van der Waals surface area contributed by atoms with E-state index in [1.807, 2.05) is 33.8 Å². The number of hydrogen-bond acceptors (Lipinski definition) is 2. The Morgan fingerprint density at radius 3 is 2.55 bits per heavy atom. The van der Waals surface area contributed by atoms with Gasteiger partial charge in [-0.25, -0.2) is 4.79 Å². The van der Waals surface area contributed by atoms with E-state index in [-0.39, 0.29) is 6.04 Å². The van der Waals surface area contributed by atoms with Gasteiger partial charge in [-0.1, -0.05) is 15.9 Å². The van der Waals surface area contributed by atoms with Gasteiger partial charge in [0, 0.05) is 19.6 Å². The van der Waals surface area contributed by atoms with E-state index >= 15 is 0 Å². The molecule has 1 aromatic heterocycles. The minimum Gasteiger partial charge on any atom is -0.465 e. The Kier molecular flexibility index (Phi) is 4.12. The van der Waals surface area contributed by atoms with E-state index in [1.54, 1.807) is 11.3 Å². The lowest BCUT2D eigenvalue weighted by atomic mass is 10.0. The zero-order chi connectivity index (χ0) is 15.1. The first kappa shape index (κ1) is 15.3. The van der Waals surface area contributed by atoms with Gasteiger partial charge in [-0.05, 0) is 57.3 Å². The molecule has 0 bridgehead atoms. The molecule has 0 spiro atoms. The largest absolute Gasteiger partial charge is 0.465 e. The topological polar surface area (TPSA) is 40.5 Å². The normalized spacial score (nSPS) is 13.4. The van der Waals surface area contributed by atoms with Crippen LogP contribution >= 0.6 is 27.3 Å². The Bertz CT molecular complexity index is 645. The number of carboxylic acid groups (broad SMARTS) is 1. The van der Waals surface area contributed by atoms with Crippen molar-refractivity contribution < 1.29 is 9.90 Å². The first-order chi connectivity index (χ1) is 9.20. The number of rotatable bonds is 2. The number of halogens is 1. The van der Waals surface area contributed by atoms with Crippen molar-refractivity contribution in [2.24, 2.45) is 0 Å². The third-order valence-corrected chi connectivity index (χ3v) is 5.00. The second kappa shape index (κ2) is 5.37. The van der Waals surface area contributed by atoms with E-state index in [4.69, 9.17) is 0 Å². The summed E-state index contributed by atoms with van der Waals surface area (Å²) >= 11 is 5.11. The standard InChI is InChI=1S/C15H18BrNO2S/c1-9(17(14(18)19)15(2,3)4)13-8-10-7-11(16)5-6-12(10)20-13/h5-9H,1-4H3,(H,18,19). The van der Waals surface area contributed by atoms with Gasteiger partial charge < -0.3 is 5.11 Å². The van der Waals surface area contributed by atoms with Crippen LogP contribution in [0.25, 0.3) is 10.1 Å². The van der Waals surface area contributed by atoms with Crippen molar-refractivity contribution in [3.05, 3.63) is 33.6 Å². The second-order valence-corrected chi connectivity index (χ2v) is 7.86. The molecule has 0 fully saturated rings. The Labute approximate surface area is 131 Å². The van der Waals surface area contributed by atoms with E-state index in [9.17, 15) is 9.90 Å². The number of fused-ring (bicyclic) bond motifs is 1. The molecule has 20 heavy (non-hydrogen) atoms. The van der Waals surface area contributed by atoms with Gasteiger partial charge in [-0.15, -0.1) is 11.3 Å². The molecule has 1 aromatic carbocycles. The number of nitrogens with zero attached hydrogens (tertiary/aromatic N) is 1. The van der Waals surface area contributed by atoms with Gasteiger partial charge in [0.1, 0.15) is 0 Å². The third-order valence-electron chi connectivity index (χ3n) is 3.23. The van der Waals surface area contributed by atoms with Gasteiger partial charge in [0.2, 0.25) is 0 Å². The summed E-state index contributed by atoms with van der Waals surface area (Å²) in [5.41, 5.74) is -0.429. The fraction of sp³-hybridized carbons (Fsp3) is 0.400. The highest BCUT2D eigenvalue weighted by atomic mass is 79.9. The van der Waals surface area contributed by atoms with E-state index < -0.39 is 11.6 Å². The summed E-state index contributed by atoms with van der Waals surface area (Å²) in [4.78, 5) is 14.1. The lowest BCUT2D eigenvalue weighted by Gasteiger charge is -2.37. The predicted molar refractivity (Wildman–Crippen MR) is 87.6 cm³/mol. The summed E-state index contributed by atoms with van der Waals surface area (Å²) in [6.45, 7) is 7.70. The molecule has 5 heteroatoms. The van der Waals surface area contributed by atoms with Crippen molar-refractivity contribution in [2.75, 3.05) is 0 Å². The Morgan fingerprint density at radius 1 is 1.35 bits per heavy atom. The SMILES string of the molecule is CC(c1cc2cc(Br)ccc2s1)N(C(=O)O)C(C)(C)C. The molecular formula is C15H18BrNO2S. The molecule has 1 N–H and O–H groups in total. The molecule has 1 amide bonds. The van der Waals surface area contributed by atoms with Crippen LogP contribution in [0.4, 0.5) is 4.79 Å². The van der Waals surface area contributed by atoms with Crippen molar-refractivity contribution in [3.63, 3.8) is 0 Å². The van der Waals surface area contributed by atoms with Crippen molar-refractivity contribution in [1.82, 2.24) is 4.90 Å². The summed E-state index contributed by atoms with van der Waals surface area (Å²) in [6, 6.07) is 8.04. The van der Waals surface area contributed by atoms with Crippen LogP contribution in [0.1, 0.15) is 38.6 Å². The highest BCUT2D eigenvalue weighted by Crippen LogP contribution is 2.36. The molecule has 0 aliphatic heterocycles. The zero-order valence-electron chi connectivity index (χ0n) is 12.0. The molecule has 2 rings (SSSR count). The maximum atomic E-state index is 11.6. The van der Waals surface area contributed by atoms with Crippen molar-refractivity contribution >= 4 is 43.4 Å². The quantitative estimate of drug-likeness (QED) is 0.771. The Balaban J connectivity index is 2.43. The van der Waals surface area contributed by atoms with Gasteiger partial charge in [-0.3, -0.25) is 4.90 Å². The van der Waals surface area contributed by atoms with Gasteiger partial charge in [0.25, 0.3) is 0 Å². The van der Waals surface area contributed by atoms with Crippen LogP contribution in [0.2, 0.25) is 0 Å². The lowest BCUT2D eigenvalue weighted by molar-refractivity contribution is 0.0763. The number of thiophene rings is 1. The van der Waals surface area contributed by atoms with Gasteiger partial charge >= 0.3 is 6.09 Å². The van der Waals surface area contributed by atoms with Crippen LogP contribution in [-0.4, -0.2) is 21.6 Å². The molecule has 0 saturated carbocycles. The smallest absolute Gasteiger partial charge is 0.408 e. The second-order valence-electron chi connectivity index (χ2n) is 5.83. The molecule has 108 valence electrons. The van der Waals surface area contributed by atoms with Gasteiger partial charge in [0.05, 0.1) is 6.04 Å². The first-order valence-corrected chi connectivity index (χ1v) is 8.02. The molecule has 0 radical (unpaired) electrons. The summed E-state index contributed by atoms with van der Waals surface area (Å²) in [7, 11) is 0. The molecule has 0 aliphatic carbocycles. The van der Waals surface area contributed by atoms with Gasteiger partial charge in [0.15, 0.2) is 0 Å². The van der Waals surface area contributed by atoms with E-state index in [1.165, 1.54) is 9.60 Å². The van der Waals surface area contributed by atoms with Crippen molar-refractivity contribution in [3.8, 4) is 0 Å². The number of amides is 1. The van der Waals surface area contributed by atoms with Crippen LogP contribution in [0, 0.1) is 0 Å². The Hall–Kier alpha value is -1.07. The van der Waals surface area contributed by atoms with E-state index in [0.29, 0.717) is 0 Å². The summed E-state index contributed by atoms with van der Waals surface area (Å²) in [5.74, 6) is 0. The molecule has 1 heterocycles. The summed E-state index contributed by atoms with van der Waals surface area (Å²) < 4.78 is 2.21. The fourth-order valence-electron chi connectivity index (χ4n) is 2.40. The molecule has 2 aromatic rings. The minimum atomic E-state index is -0.886. The third kappa shape index (κ3) is 2.99. The van der Waals surface area contributed by atoms with Crippen LogP contribution < -0.4 is 0 Å². The average Bonchev–Trinajstić information content (AvgIpc) is 2.69. The fourth-order valence-corrected chi connectivity index (χ4v) is 3.87. The highest BCUT2D eigenvalue weighted by Gasteiger charge is 2.32. The van der Waals surface area contributed by atoms with Crippen molar-refractivity contribution in [1.29, 1.82) is 0 Å². The molecule has 1 atom stereocenters. The first-order valence-electron chi connectivity index (χ1n) is 6.41. The molecule has 3 nitrogen and oxygen atoms in total. The number of carbonyl (C=O) groups is 1. The maximum Gasteiger partial charge on any atom is 0.408 e. The van der Waals surface area contributed by atoms with Crippen LogP contribution in [0.15, 0.2) is 28.7 Å². The van der Waals surface area contributed by atoms with Crippen LogP contribution in [-0.2, 0) is 0 Å². The summed E-state index contributed by atoms with van der Waals surface area (Å²) in [5, 5.41) is 10.6. The Morgan fingerprint density at radius 2 is 2.00 bits per heavy atom. The molecular weight excluding hydrogens is 338 g/mol. The minimum absolute atomic E-state index is 0.163. The zero-order valence-corrected chi connectivity index (χ0v) is 14.4. The molecule has 0 saturated heterocycles. The average molecular weight is 356 g/mol. The number of benzene rings is 1. The van der Waals surface area contributed by atoms with E-state index in [2.05, 4.69) is 34.1 Å². The monoisotopic (exact) mass is 355 g/mol. The maximum absolute atomic E-state index is 11.6. The molecule has 1 unspecified atom stereocenters. The molecule has 0 aliphatic rings. The van der Waals surface area contributed by atoms with Crippen LogP contribution in [0.5, 0.6) is 0 Å². The highest BCUT2D eigenvalue weighted by molar-refractivity contribution is 9.10. The van der Waals surface area contributed by atoms with Crippen molar-refractivity contribution in [2.45, 2.75) is 39.3 Å². The van der Waals surface area contributed by atoms with E-state index in [0.717, 1.165) is 14.7 Å². The summed E-state index contributed by atoms with van der Waals surface area (Å²) in [6.07, 6.45) is -0.886. The predicted octanol–water partition coefficient (Wildman–Crippen LogP) is 5.50. The van der Waals surface area contributed by atoms with Gasteiger partial charge in [-0.2, -0.15) is 0 Å². The lowest BCUT2D eigenvalue weighted by Crippen LogP contribution is -2.46. The van der Waals surface area contributed by atoms with Crippen LogP contribution in [0.3, 0.4) is 0 Å².